The van der Waals surface area contributed by atoms with Gasteiger partial charge in [0.1, 0.15) is 29.1 Å². The van der Waals surface area contributed by atoms with Crippen LogP contribution in [-0.2, 0) is 11.3 Å². The van der Waals surface area contributed by atoms with Crippen LogP contribution in [0.15, 0.2) is 51.9 Å². The maximum absolute atomic E-state index is 13.0. The number of aromatic hydroxyl groups is 1. The Bertz CT molecular complexity index is 1150. The molecule has 1 saturated heterocycles. The van der Waals surface area contributed by atoms with E-state index in [1.165, 1.54) is 18.4 Å². The average Bonchev–Trinajstić information content (AvgIpc) is 2.78. The summed E-state index contributed by atoms with van der Waals surface area (Å²) in [6, 6.07) is 9.75. The number of phenolic OH excluding ortho intramolecular Hbond substituents is 1. The fraction of sp³-hybridized carbons (Fsp3) is 0.304. The van der Waals surface area contributed by atoms with Gasteiger partial charge in [-0.2, -0.15) is 0 Å². The lowest BCUT2D eigenvalue weighted by Crippen LogP contribution is -2.38. The molecule has 3 aromatic rings. The second-order valence-corrected chi connectivity index (χ2v) is 7.56. The van der Waals surface area contributed by atoms with E-state index in [0.717, 1.165) is 6.42 Å². The minimum atomic E-state index is -0.821. The number of hydrogen-bond donors (Lipinski definition) is 2. The zero-order valence-corrected chi connectivity index (χ0v) is 17.0. The summed E-state index contributed by atoms with van der Waals surface area (Å²) in [5.74, 6) is -0.114. The summed E-state index contributed by atoms with van der Waals surface area (Å²) in [6.45, 7) is 1.38. The summed E-state index contributed by atoms with van der Waals surface area (Å²) in [6.07, 6.45) is 2.62. The van der Waals surface area contributed by atoms with Gasteiger partial charge in [-0.3, -0.25) is 14.5 Å². The molecule has 31 heavy (non-hydrogen) atoms. The number of phenols is 1. The second-order valence-electron chi connectivity index (χ2n) is 7.56. The zero-order chi connectivity index (χ0) is 22.0. The van der Waals surface area contributed by atoms with Gasteiger partial charge in [0.25, 0.3) is 0 Å². The molecule has 1 aliphatic rings. The highest BCUT2D eigenvalue weighted by molar-refractivity contribution is 5.83. The van der Waals surface area contributed by atoms with E-state index >= 15 is 0 Å². The number of piperidine rings is 1. The van der Waals surface area contributed by atoms with Gasteiger partial charge < -0.3 is 24.1 Å². The topological polar surface area (TPSA) is 109 Å². The second kappa shape index (κ2) is 8.69. The van der Waals surface area contributed by atoms with Gasteiger partial charge in [-0.25, -0.2) is 0 Å². The highest BCUT2D eigenvalue weighted by atomic mass is 16.5. The molecule has 4 rings (SSSR count). The van der Waals surface area contributed by atoms with Gasteiger partial charge in [0.15, 0.2) is 0 Å². The fourth-order valence-corrected chi connectivity index (χ4v) is 3.85. The summed E-state index contributed by atoms with van der Waals surface area (Å²) in [5.41, 5.74) is 0.363. The lowest BCUT2D eigenvalue weighted by Gasteiger charge is -2.30. The van der Waals surface area contributed by atoms with Crippen LogP contribution in [0, 0.1) is 5.92 Å². The molecule has 2 aromatic carbocycles. The normalized spacial score (nSPS) is 16.9. The first-order valence-electron chi connectivity index (χ1n) is 9.99. The molecule has 1 atom stereocenters. The molecule has 2 N–H and O–H groups in total. The molecule has 0 unspecified atom stereocenters. The monoisotopic (exact) mass is 425 g/mol. The zero-order valence-electron chi connectivity index (χ0n) is 17.0. The summed E-state index contributed by atoms with van der Waals surface area (Å²) in [5, 5.41) is 20.0. The van der Waals surface area contributed by atoms with Gasteiger partial charge in [-0.05, 0) is 55.8 Å². The number of nitrogens with zero attached hydrogens (tertiary/aromatic N) is 1. The van der Waals surface area contributed by atoms with E-state index in [4.69, 9.17) is 13.9 Å². The van der Waals surface area contributed by atoms with Crippen LogP contribution in [0.25, 0.3) is 11.0 Å². The fourth-order valence-electron chi connectivity index (χ4n) is 3.85. The molecule has 162 valence electrons. The van der Waals surface area contributed by atoms with Gasteiger partial charge in [0.05, 0.1) is 24.0 Å². The number of fused-ring (bicyclic) bond motifs is 1. The quantitative estimate of drug-likeness (QED) is 0.617. The highest BCUT2D eigenvalue weighted by Gasteiger charge is 2.27. The first-order valence-corrected chi connectivity index (χ1v) is 9.99. The maximum atomic E-state index is 13.0. The molecule has 0 saturated carbocycles. The Hall–Kier alpha value is -3.52. The van der Waals surface area contributed by atoms with Crippen LogP contribution in [0.1, 0.15) is 18.4 Å². The van der Waals surface area contributed by atoms with Crippen molar-refractivity contribution < 1.29 is 28.9 Å². The van der Waals surface area contributed by atoms with E-state index in [-0.39, 0.29) is 34.4 Å². The lowest BCUT2D eigenvalue weighted by atomic mass is 9.97. The number of aliphatic carboxylic acids is 1. The number of carboxylic acid groups (broad SMARTS) is 1. The molecule has 0 spiro atoms. The smallest absolute Gasteiger partial charge is 0.307 e. The lowest BCUT2D eigenvalue weighted by molar-refractivity contribution is -0.143. The minimum absolute atomic E-state index is 0.00285. The predicted octanol–water partition coefficient (Wildman–Crippen LogP) is 3.60. The van der Waals surface area contributed by atoms with Crippen molar-refractivity contribution in [3.05, 3.63) is 58.4 Å². The minimum Gasteiger partial charge on any atom is -0.507 e. The Morgan fingerprint density at radius 2 is 1.94 bits per heavy atom. The van der Waals surface area contributed by atoms with Crippen LogP contribution in [0.2, 0.25) is 0 Å². The number of carbonyl (C=O) groups is 1. The van der Waals surface area contributed by atoms with Gasteiger partial charge >= 0.3 is 5.97 Å². The molecular formula is C23H23NO7. The standard InChI is InChI=1S/C23H23NO7/c1-29-15-4-6-16(7-5-15)31-20-13-30-22-17(21(20)26)8-9-19(25)18(22)12-24-10-2-3-14(11-24)23(27)28/h4-9,13-14,25H,2-3,10-12H2,1H3,(H,27,28)/t14-/m0/s1. The largest absolute Gasteiger partial charge is 0.507 e. The first-order chi connectivity index (χ1) is 15.0. The molecule has 1 fully saturated rings. The SMILES string of the molecule is COc1ccc(Oc2coc3c(CN4CCC[C@H](C(=O)O)C4)c(O)ccc3c2=O)cc1. The highest BCUT2D eigenvalue weighted by Crippen LogP contribution is 2.31. The molecular weight excluding hydrogens is 402 g/mol. The van der Waals surface area contributed by atoms with Crippen molar-refractivity contribution in [2.24, 2.45) is 5.92 Å². The Labute approximate surface area is 178 Å². The van der Waals surface area contributed by atoms with E-state index in [9.17, 15) is 19.8 Å². The van der Waals surface area contributed by atoms with Gasteiger partial charge in [-0.1, -0.05) is 0 Å². The molecule has 0 amide bonds. The summed E-state index contributed by atoms with van der Waals surface area (Å²) in [4.78, 5) is 26.3. The van der Waals surface area contributed by atoms with E-state index in [0.29, 0.717) is 36.6 Å². The van der Waals surface area contributed by atoms with Crippen LogP contribution < -0.4 is 14.9 Å². The third kappa shape index (κ3) is 4.34. The summed E-state index contributed by atoms with van der Waals surface area (Å²) >= 11 is 0. The van der Waals surface area contributed by atoms with Crippen LogP contribution in [0.4, 0.5) is 0 Å². The number of benzene rings is 2. The van der Waals surface area contributed by atoms with E-state index in [2.05, 4.69) is 0 Å². The van der Waals surface area contributed by atoms with Crippen molar-refractivity contribution in [2.45, 2.75) is 19.4 Å². The molecule has 8 heteroatoms. The number of carboxylic acids is 1. The molecule has 2 heterocycles. The average molecular weight is 425 g/mol. The Morgan fingerprint density at radius 1 is 1.19 bits per heavy atom. The van der Waals surface area contributed by atoms with E-state index in [1.54, 1.807) is 31.4 Å². The summed E-state index contributed by atoms with van der Waals surface area (Å²) < 4.78 is 16.5. The number of ether oxygens (including phenoxy) is 2. The molecule has 0 bridgehead atoms. The first kappa shape index (κ1) is 20.7. The molecule has 1 aliphatic heterocycles. The van der Waals surface area contributed by atoms with Crippen molar-refractivity contribution >= 4 is 16.9 Å². The number of rotatable bonds is 6. The van der Waals surface area contributed by atoms with Crippen LogP contribution in [0.5, 0.6) is 23.0 Å². The third-order valence-electron chi connectivity index (χ3n) is 5.51. The molecule has 0 radical (unpaired) electrons. The van der Waals surface area contributed by atoms with Crippen LogP contribution >= 0.6 is 0 Å². The number of methoxy groups -OCH3 is 1. The van der Waals surface area contributed by atoms with Crippen molar-refractivity contribution in [1.82, 2.24) is 4.90 Å². The van der Waals surface area contributed by atoms with Crippen molar-refractivity contribution in [3.63, 3.8) is 0 Å². The van der Waals surface area contributed by atoms with Gasteiger partial charge in [0.2, 0.25) is 11.2 Å². The Kier molecular flexibility index (Phi) is 5.81. The van der Waals surface area contributed by atoms with Gasteiger partial charge in [-0.15, -0.1) is 0 Å². The Balaban J connectivity index is 1.63. The van der Waals surface area contributed by atoms with Crippen LogP contribution in [0.3, 0.4) is 0 Å². The molecule has 1 aromatic heterocycles. The van der Waals surface area contributed by atoms with E-state index < -0.39 is 11.9 Å². The van der Waals surface area contributed by atoms with Crippen LogP contribution in [-0.4, -0.2) is 41.3 Å². The third-order valence-corrected chi connectivity index (χ3v) is 5.51. The van der Waals surface area contributed by atoms with Crippen molar-refractivity contribution in [1.29, 1.82) is 0 Å². The maximum Gasteiger partial charge on any atom is 0.307 e. The summed E-state index contributed by atoms with van der Waals surface area (Å²) in [7, 11) is 1.56. The Morgan fingerprint density at radius 3 is 2.65 bits per heavy atom. The molecule has 0 aliphatic carbocycles. The number of hydrogen-bond acceptors (Lipinski definition) is 7. The van der Waals surface area contributed by atoms with Crippen molar-refractivity contribution in [2.75, 3.05) is 20.2 Å². The van der Waals surface area contributed by atoms with Gasteiger partial charge in [0, 0.05) is 13.1 Å². The predicted molar refractivity (Wildman–Crippen MR) is 113 cm³/mol. The number of likely N-dealkylation sites (tertiary alicyclic amines) is 1. The van der Waals surface area contributed by atoms with E-state index in [1.807, 2.05) is 4.90 Å². The molecule has 8 nitrogen and oxygen atoms in total. The van der Waals surface area contributed by atoms with Crippen molar-refractivity contribution in [3.8, 4) is 23.0 Å².